The van der Waals surface area contributed by atoms with Gasteiger partial charge in [0.05, 0.1) is 12.0 Å². The highest BCUT2D eigenvalue weighted by atomic mass is 16.3. The molecule has 1 unspecified atom stereocenters. The highest BCUT2D eigenvalue weighted by Crippen LogP contribution is 2.15. The Kier molecular flexibility index (Phi) is 2.01. The van der Waals surface area contributed by atoms with E-state index in [1.165, 1.54) is 0 Å². The van der Waals surface area contributed by atoms with Crippen molar-refractivity contribution in [2.24, 2.45) is 5.92 Å². The molecule has 2 atom stereocenters. The summed E-state index contributed by atoms with van der Waals surface area (Å²) in [5.74, 6) is -0.251. The number of rotatable bonds is 1. The summed E-state index contributed by atoms with van der Waals surface area (Å²) < 4.78 is 0. The lowest BCUT2D eigenvalue weighted by Gasteiger charge is -2.16. The summed E-state index contributed by atoms with van der Waals surface area (Å²) in [5.41, 5.74) is 0. The monoisotopic (exact) mass is 126 g/mol. The fraction of sp³-hybridized carbons (Fsp3) is 0.571. The van der Waals surface area contributed by atoms with Crippen molar-refractivity contribution in [1.82, 2.24) is 0 Å². The van der Waals surface area contributed by atoms with Gasteiger partial charge in [0.1, 0.15) is 6.29 Å². The van der Waals surface area contributed by atoms with Gasteiger partial charge < -0.3 is 9.90 Å². The molecule has 0 radical (unpaired) electrons. The van der Waals surface area contributed by atoms with Crippen LogP contribution in [0.2, 0.25) is 0 Å². The van der Waals surface area contributed by atoms with Crippen LogP contribution in [0.15, 0.2) is 12.2 Å². The molecule has 0 aromatic rings. The average molecular weight is 126 g/mol. The van der Waals surface area contributed by atoms with Gasteiger partial charge in [-0.05, 0) is 12.8 Å². The minimum absolute atomic E-state index is 0.251. The number of carbonyl (C=O) groups is 1. The number of aldehydes is 1. The molecule has 1 aliphatic rings. The van der Waals surface area contributed by atoms with Gasteiger partial charge in [-0.3, -0.25) is 0 Å². The van der Waals surface area contributed by atoms with Gasteiger partial charge in [-0.25, -0.2) is 0 Å². The maximum Gasteiger partial charge on any atom is 0.129 e. The SMILES string of the molecule is O=CC1C=CCC[C@@H]1O. The molecule has 0 aliphatic heterocycles. The lowest BCUT2D eigenvalue weighted by atomic mass is 9.94. The number of hydrogen-bond acceptors (Lipinski definition) is 2. The summed E-state index contributed by atoms with van der Waals surface area (Å²) in [6.45, 7) is 0. The lowest BCUT2D eigenvalue weighted by molar-refractivity contribution is -0.112. The molecule has 1 N–H and O–H groups in total. The molecule has 2 nitrogen and oxygen atoms in total. The Bertz CT molecular complexity index is 129. The summed E-state index contributed by atoms with van der Waals surface area (Å²) >= 11 is 0. The molecular weight excluding hydrogens is 116 g/mol. The molecule has 0 fully saturated rings. The molecule has 0 bridgehead atoms. The maximum atomic E-state index is 10.2. The molecule has 50 valence electrons. The summed E-state index contributed by atoms with van der Waals surface area (Å²) in [4.78, 5) is 10.2. The first-order valence-electron chi connectivity index (χ1n) is 3.14. The minimum atomic E-state index is -0.438. The summed E-state index contributed by atoms with van der Waals surface area (Å²) in [5, 5.41) is 9.09. The van der Waals surface area contributed by atoms with Crippen LogP contribution >= 0.6 is 0 Å². The Morgan fingerprint density at radius 2 is 2.44 bits per heavy atom. The third-order valence-electron chi connectivity index (χ3n) is 1.59. The van der Waals surface area contributed by atoms with Crippen molar-refractivity contribution in [3.05, 3.63) is 12.2 Å². The Morgan fingerprint density at radius 1 is 1.67 bits per heavy atom. The highest BCUT2D eigenvalue weighted by Gasteiger charge is 2.17. The molecule has 0 aromatic carbocycles. The molecule has 1 aliphatic carbocycles. The molecule has 2 heteroatoms. The van der Waals surface area contributed by atoms with Gasteiger partial charge in [0.15, 0.2) is 0 Å². The van der Waals surface area contributed by atoms with Crippen molar-refractivity contribution in [1.29, 1.82) is 0 Å². The summed E-state index contributed by atoms with van der Waals surface area (Å²) in [6.07, 6.45) is 5.67. The van der Waals surface area contributed by atoms with E-state index in [0.717, 1.165) is 19.1 Å². The quantitative estimate of drug-likeness (QED) is 0.410. The predicted molar refractivity (Wildman–Crippen MR) is 33.9 cm³/mol. The fourth-order valence-corrected chi connectivity index (χ4v) is 0.977. The van der Waals surface area contributed by atoms with E-state index in [2.05, 4.69) is 0 Å². The van der Waals surface area contributed by atoms with Crippen LogP contribution in [0.3, 0.4) is 0 Å². The first-order chi connectivity index (χ1) is 4.34. The standard InChI is InChI=1S/C7H10O2/c8-5-6-3-1-2-4-7(6)9/h1,3,5-7,9H,2,4H2/t6?,7-/m0/s1. The Hall–Kier alpha value is -0.630. The van der Waals surface area contributed by atoms with E-state index in [4.69, 9.17) is 5.11 Å². The van der Waals surface area contributed by atoms with E-state index in [-0.39, 0.29) is 5.92 Å². The zero-order chi connectivity index (χ0) is 6.69. The molecule has 0 amide bonds. The van der Waals surface area contributed by atoms with Gasteiger partial charge in [-0.2, -0.15) is 0 Å². The van der Waals surface area contributed by atoms with Crippen LogP contribution in [0.5, 0.6) is 0 Å². The van der Waals surface area contributed by atoms with E-state index in [1.54, 1.807) is 6.08 Å². The van der Waals surface area contributed by atoms with E-state index >= 15 is 0 Å². The van der Waals surface area contributed by atoms with Crippen molar-refractivity contribution < 1.29 is 9.90 Å². The van der Waals surface area contributed by atoms with Crippen LogP contribution in [0.25, 0.3) is 0 Å². The van der Waals surface area contributed by atoms with Gasteiger partial charge in [-0.15, -0.1) is 0 Å². The first kappa shape index (κ1) is 6.49. The molecule has 1 rings (SSSR count). The van der Waals surface area contributed by atoms with Crippen LogP contribution < -0.4 is 0 Å². The smallest absolute Gasteiger partial charge is 0.129 e. The van der Waals surface area contributed by atoms with Gasteiger partial charge in [0.25, 0.3) is 0 Å². The van der Waals surface area contributed by atoms with Crippen molar-refractivity contribution in [3.8, 4) is 0 Å². The number of hydrogen-bond donors (Lipinski definition) is 1. The molecule has 0 saturated carbocycles. The summed E-state index contributed by atoms with van der Waals surface area (Å²) in [7, 11) is 0. The van der Waals surface area contributed by atoms with Gasteiger partial charge in [0.2, 0.25) is 0 Å². The van der Waals surface area contributed by atoms with Crippen LogP contribution in [0.1, 0.15) is 12.8 Å². The van der Waals surface area contributed by atoms with Crippen molar-refractivity contribution in [2.75, 3.05) is 0 Å². The normalized spacial score (nSPS) is 34.3. The Morgan fingerprint density at radius 3 is 2.89 bits per heavy atom. The predicted octanol–water partition coefficient (Wildman–Crippen LogP) is 0.512. The zero-order valence-electron chi connectivity index (χ0n) is 5.16. The molecule has 0 aromatic heterocycles. The van der Waals surface area contributed by atoms with Crippen LogP contribution in [-0.4, -0.2) is 17.5 Å². The van der Waals surface area contributed by atoms with Gasteiger partial charge in [-0.1, -0.05) is 12.2 Å². The summed E-state index contributed by atoms with van der Waals surface area (Å²) in [6, 6.07) is 0. The average Bonchev–Trinajstić information content (AvgIpc) is 1.89. The van der Waals surface area contributed by atoms with Crippen LogP contribution in [0, 0.1) is 5.92 Å². The van der Waals surface area contributed by atoms with Crippen LogP contribution in [0.4, 0.5) is 0 Å². The van der Waals surface area contributed by atoms with E-state index in [1.807, 2.05) is 6.08 Å². The Labute approximate surface area is 54.2 Å². The minimum Gasteiger partial charge on any atom is -0.392 e. The molecule has 9 heavy (non-hydrogen) atoms. The van der Waals surface area contributed by atoms with Gasteiger partial charge >= 0.3 is 0 Å². The lowest BCUT2D eigenvalue weighted by Crippen LogP contribution is -2.21. The number of aliphatic hydroxyl groups excluding tert-OH is 1. The topological polar surface area (TPSA) is 37.3 Å². The molecule has 0 spiro atoms. The van der Waals surface area contributed by atoms with Crippen LogP contribution in [-0.2, 0) is 4.79 Å². The van der Waals surface area contributed by atoms with E-state index in [9.17, 15) is 4.79 Å². The number of allylic oxidation sites excluding steroid dienone is 1. The molecular formula is C7H10O2. The van der Waals surface area contributed by atoms with Crippen molar-refractivity contribution in [3.63, 3.8) is 0 Å². The van der Waals surface area contributed by atoms with Crippen molar-refractivity contribution in [2.45, 2.75) is 18.9 Å². The van der Waals surface area contributed by atoms with E-state index < -0.39 is 6.10 Å². The largest absolute Gasteiger partial charge is 0.392 e. The zero-order valence-corrected chi connectivity index (χ0v) is 5.16. The fourth-order valence-electron chi connectivity index (χ4n) is 0.977. The second-order valence-corrected chi connectivity index (χ2v) is 2.29. The molecule has 0 saturated heterocycles. The third kappa shape index (κ3) is 1.39. The van der Waals surface area contributed by atoms with Gasteiger partial charge in [0, 0.05) is 0 Å². The Balaban J connectivity index is 2.56. The van der Waals surface area contributed by atoms with E-state index in [0.29, 0.717) is 0 Å². The second kappa shape index (κ2) is 2.78. The highest BCUT2D eigenvalue weighted by molar-refractivity contribution is 5.57. The number of aliphatic hydroxyl groups is 1. The van der Waals surface area contributed by atoms with Crippen molar-refractivity contribution >= 4 is 6.29 Å². The molecule has 0 heterocycles. The maximum absolute atomic E-state index is 10.2. The second-order valence-electron chi connectivity index (χ2n) is 2.29. The first-order valence-corrected chi connectivity index (χ1v) is 3.14. The third-order valence-corrected chi connectivity index (χ3v) is 1.59. The number of carbonyl (C=O) groups excluding carboxylic acids is 1.